The Labute approximate surface area is 112 Å². The van der Waals surface area contributed by atoms with E-state index in [-0.39, 0.29) is 0 Å². The Kier molecular flexibility index (Phi) is 4.44. The lowest BCUT2D eigenvalue weighted by molar-refractivity contribution is 0.336. The molecule has 5 heteroatoms. The van der Waals surface area contributed by atoms with Crippen LogP contribution in [0.15, 0.2) is 30.9 Å². The van der Waals surface area contributed by atoms with Gasteiger partial charge in [-0.25, -0.2) is 15.0 Å². The van der Waals surface area contributed by atoms with Gasteiger partial charge < -0.3 is 9.47 Å². The summed E-state index contributed by atoms with van der Waals surface area (Å²) in [5.74, 6) is 2.13. The summed E-state index contributed by atoms with van der Waals surface area (Å²) in [6.45, 7) is 2.56. The zero-order valence-electron chi connectivity index (χ0n) is 10.9. The first-order valence-corrected chi connectivity index (χ1v) is 5.94. The van der Waals surface area contributed by atoms with Gasteiger partial charge in [-0.15, -0.1) is 0 Å². The van der Waals surface area contributed by atoms with E-state index in [0.29, 0.717) is 12.4 Å². The number of benzene rings is 1. The number of ether oxygens (including phenoxy) is 2. The topological polar surface area (TPSA) is 57.1 Å². The first-order chi connectivity index (χ1) is 9.31. The average Bonchev–Trinajstić information content (AvgIpc) is 2.46. The van der Waals surface area contributed by atoms with Crippen LogP contribution in [0.3, 0.4) is 0 Å². The van der Waals surface area contributed by atoms with E-state index >= 15 is 0 Å². The van der Waals surface area contributed by atoms with Gasteiger partial charge in [-0.05, 0) is 30.7 Å². The molecule has 0 aliphatic carbocycles. The van der Waals surface area contributed by atoms with Crippen molar-refractivity contribution in [3.05, 3.63) is 42.2 Å². The maximum absolute atomic E-state index is 5.49. The summed E-state index contributed by atoms with van der Waals surface area (Å²) >= 11 is 0. The van der Waals surface area contributed by atoms with Crippen molar-refractivity contribution in [3.63, 3.8) is 0 Å². The standard InChI is InChI=1S/C14H15N3O2/c1-3-19-13-7-11(6-12(8-13)18-2)4-5-14-16-9-15-10-17-14/h4-10H,3H2,1-2H3. The van der Waals surface area contributed by atoms with Crippen molar-refractivity contribution in [2.45, 2.75) is 6.92 Å². The van der Waals surface area contributed by atoms with Gasteiger partial charge in [-0.3, -0.25) is 0 Å². The van der Waals surface area contributed by atoms with Gasteiger partial charge in [0.1, 0.15) is 24.2 Å². The Hall–Kier alpha value is -2.43. The molecule has 0 bridgehead atoms. The molecule has 0 aliphatic rings. The molecule has 0 aliphatic heterocycles. The van der Waals surface area contributed by atoms with E-state index in [4.69, 9.17) is 9.47 Å². The molecule has 0 amide bonds. The Morgan fingerprint density at radius 1 is 1.05 bits per heavy atom. The first kappa shape index (κ1) is 13.0. The van der Waals surface area contributed by atoms with Crippen LogP contribution in [0.25, 0.3) is 12.2 Å². The SMILES string of the molecule is CCOc1cc(C=Cc2ncncn2)cc(OC)c1. The molecule has 0 radical (unpaired) electrons. The summed E-state index contributed by atoms with van der Waals surface area (Å²) in [6, 6.07) is 5.70. The maximum Gasteiger partial charge on any atom is 0.155 e. The van der Waals surface area contributed by atoms with Crippen molar-refractivity contribution in [1.29, 1.82) is 0 Å². The van der Waals surface area contributed by atoms with Crippen LogP contribution in [0, 0.1) is 0 Å². The van der Waals surface area contributed by atoms with Crippen molar-refractivity contribution < 1.29 is 9.47 Å². The van der Waals surface area contributed by atoms with E-state index in [9.17, 15) is 0 Å². The van der Waals surface area contributed by atoms with Gasteiger partial charge in [0.2, 0.25) is 0 Å². The van der Waals surface area contributed by atoms with Crippen molar-refractivity contribution >= 4 is 12.2 Å². The normalized spacial score (nSPS) is 10.6. The highest BCUT2D eigenvalue weighted by atomic mass is 16.5. The smallest absolute Gasteiger partial charge is 0.155 e. The van der Waals surface area contributed by atoms with Crippen molar-refractivity contribution in [2.24, 2.45) is 0 Å². The van der Waals surface area contributed by atoms with E-state index in [0.717, 1.165) is 17.1 Å². The van der Waals surface area contributed by atoms with Crippen molar-refractivity contribution in [3.8, 4) is 11.5 Å². The van der Waals surface area contributed by atoms with Crippen LogP contribution in [0.4, 0.5) is 0 Å². The van der Waals surface area contributed by atoms with Crippen LogP contribution in [0.5, 0.6) is 11.5 Å². The molecule has 1 aromatic heterocycles. The van der Waals surface area contributed by atoms with Gasteiger partial charge in [-0.1, -0.05) is 6.08 Å². The second-order valence-corrected chi connectivity index (χ2v) is 3.70. The van der Waals surface area contributed by atoms with Crippen LogP contribution in [-0.4, -0.2) is 28.7 Å². The molecule has 0 saturated heterocycles. The second-order valence-electron chi connectivity index (χ2n) is 3.70. The molecule has 0 N–H and O–H groups in total. The third-order valence-electron chi connectivity index (χ3n) is 2.39. The minimum Gasteiger partial charge on any atom is -0.497 e. The van der Waals surface area contributed by atoms with Gasteiger partial charge in [-0.2, -0.15) is 0 Å². The molecule has 0 fully saturated rings. The molecule has 0 atom stereocenters. The van der Waals surface area contributed by atoms with Crippen LogP contribution >= 0.6 is 0 Å². The summed E-state index contributed by atoms with van der Waals surface area (Å²) in [5, 5.41) is 0. The summed E-state index contributed by atoms with van der Waals surface area (Å²) in [7, 11) is 1.63. The zero-order chi connectivity index (χ0) is 13.5. The molecule has 5 nitrogen and oxygen atoms in total. The number of methoxy groups -OCH3 is 1. The van der Waals surface area contributed by atoms with Gasteiger partial charge in [0.25, 0.3) is 0 Å². The maximum atomic E-state index is 5.49. The fraction of sp³-hybridized carbons (Fsp3) is 0.214. The first-order valence-electron chi connectivity index (χ1n) is 5.94. The molecule has 1 heterocycles. The van der Waals surface area contributed by atoms with Crippen LogP contribution in [0.2, 0.25) is 0 Å². The van der Waals surface area contributed by atoms with Gasteiger partial charge >= 0.3 is 0 Å². The highest BCUT2D eigenvalue weighted by molar-refractivity contribution is 5.68. The number of aromatic nitrogens is 3. The number of hydrogen-bond acceptors (Lipinski definition) is 5. The van der Waals surface area contributed by atoms with E-state index in [1.165, 1.54) is 12.7 Å². The van der Waals surface area contributed by atoms with E-state index in [2.05, 4.69) is 15.0 Å². The molecular weight excluding hydrogens is 242 g/mol. The molecular formula is C14H15N3O2. The Balaban J connectivity index is 2.24. The highest BCUT2D eigenvalue weighted by Gasteiger charge is 2.00. The number of hydrogen-bond donors (Lipinski definition) is 0. The monoisotopic (exact) mass is 257 g/mol. The van der Waals surface area contributed by atoms with Crippen LogP contribution < -0.4 is 9.47 Å². The predicted molar refractivity (Wildman–Crippen MR) is 72.9 cm³/mol. The van der Waals surface area contributed by atoms with Crippen LogP contribution in [0.1, 0.15) is 18.3 Å². The fourth-order valence-corrected chi connectivity index (χ4v) is 1.56. The molecule has 2 aromatic rings. The quantitative estimate of drug-likeness (QED) is 0.823. The summed E-state index contributed by atoms with van der Waals surface area (Å²) < 4.78 is 10.7. The predicted octanol–water partition coefficient (Wildman–Crippen LogP) is 2.45. The summed E-state index contributed by atoms with van der Waals surface area (Å²) in [5.41, 5.74) is 0.961. The number of rotatable bonds is 5. The summed E-state index contributed by atoms with van der Waals surface area (Å²) in [6.07, 6.45) is 6.64. The molecule has 0 saturated carbocycles. The average molecular weight is 257 g/mol. The largest absolute Gasteiger partial charge is 0.497 e. The van der Waals surface area contributed by atoms with E-state index < -0.39 is 0 Å². The Morgan fingerprint density at radius 3 is 2.47 bits per heavy atom. The molecule has 98 valence electrons. The third-order valence-corrected chi connectivity index (χ3v) is 2.39. The van der Waals surface area contributed by atoms with Gasteiger partial charge in [0, 0.05) is 6.07 Å². The molecule has 1 aromatic carbocycles. The molecule has 0 unspecified atom stereocenters. The van der Waals surface area contributed by atoms with E-state index in [1.54, 1.807) is 7.11 Å². The minimum absolute atomic E-state index is 0.607. The Bertz CT molecular complexity index is 556. The highest BCUT2D eigenvalue weighted by Crippen LogP contribution is 2.23. The van der Waals surface area contributed by atoms with Crippen molar-refractivity contribution in [1.82, 2.24) is 15.0 Å². The lowest BCUT2D eigenvalue weighted by atomic mass is 10.2. The van der Waals surface area contributed by atoms with Crippen molar-refractivity contribution in [2.75, 3.05) is 13.7 Å². The van der Waals surface area contributed by atoms with E-state index in [1.807, 2.05) is 37.3 Å². The minimum atomic E-state index is 0.607. The third kappa shape index (κ3) is 3.77. The molecule has 0 spiro atoms. The summed E-state index contributed by atoms with van der Waals surface area (Å²) in [4.78, 5) is 11.8. The fourth-order valence-electron chi connectivity index (χ4n) is 1.56. The number of nitrogens with zero attached hydrogens (tertiary/aromatic N) is 3. The second kappa shape index (κ2) is 6.49. The molecule has 19 heavy (non-hydrogen) atoms. The lowest BCUT2D eigenvalue weighted by Crippen LogP contribution is -1.93. The Morgan fingerprint density at radius 2 is 1.79 bits per heavy atom. The molecule has 2 rings (SSSR count). The zero-order valence-corrected chi connectivity index (χ0v) is 10.9. The lowest BCUT2D eigenvalue weighted by Gasteiger charge is -2.07. The van der Waals surface area contributed by atoms with Gasteiger partial charge in [0.15, 0.2) is 5.82 Å². The van der Waals surface area contributed by atoms with Crippen LogP contribution in [-0.2, 0) is 0 Å². The van der Waals surface area contributed by atoms with Gasteiger partial charge in [0.05, 0.1) is 13.7 Å².